The third-order valence-corrected chi connectivity index (χ3v) is 2.67. The number of hydrogen-bond donors (Lipinski definition) is 0. The summed E-state index contributed by atoms with van der Waals surface area (Å²) in [5, 5.41) is 0. The summed E-state index contributed by atoms with van der Waals surface area (Å²) >= 11 is 0. The van der Waals surface area contributed by atoms with Gasteiger partial charge in [0.15, 0.2) is 0 Å². The predicted octanol–water partition coefficient (Wildman–Crippen LogP) is 1.42. The first-order valence-electron chi connectivity index (χ1n) is 6.73. The monoisotopic (exact) mass is 274 g/mol. The minimum absolute atomic E-state index is 0.195. The lowest BCUT2D eigenvalue weighted by atomic mass is 10.2. The number of carbonyl (C=O) groups excluding carboxylic acids is 2. The standard InChI is InChI=1S/C10H16O4.C3H6O2/c1-2-3-4-9(11)13-7-8-5-6-10(12)14-8;1-2-5-3-4-1/h8H,2-7H2,1H3;1-3H2/t8-;/m0./s1. The second-order valence-corrected chi connectivity index (χ2v) is 4.37. The van der Waals surface area contributed by atoms with Crippen LogP contribution >= 0.6 is 0 Å². The quantitative estimate of drug-likeness (QED) is 0.706. The molecule has 19 heavy (non-hydrogen) atoms. The number of cyclic esters (lactones) is 1. The van der Waals surface area contributed by atoms with E-state index in [0.717, 1.165) is 26.1 Å². The molecule has 2 saturated heterocycles. The zero-order valence-electron chi connectivity index (χ0n) is 11.4. The van der Waals surface area contributed by atoms with Gasteiger partial charge in [-0.2, -0.15) is 0 Å². The van der Waals surface area contributed by atoms with Gasteiger partial charge in [0.2, 0.25) is 0 Å². The van der Waals surface area contributed by atoms with Crippen molar-refractivity contribution in [3.63, 3.8) is 0 Å². The molecule has 0 saturated carbocycles. The van der Waals surface area contributed by atoms with E-state index in [-0.39, 0.29) is 24.6 Å². The number of esters is 2. The molecule has 2 heterocycles. The van der Waals surface area contributed by atoms with Gasteiger partial charge < -0.3 is 18.9 Å². The van der Waals surface area contributed by atoms with Crippen LogP contribution in [0.3, 0.4) is 0 Å². The van der Waals surface area contributed by atoms with Gasteiger partial charge in [-0.1, -0.05) is 13.3 Å². The third kappa shape index (κ3) is 7.79. The van der Waals surface area contributed by atoms with Gasteiger partial charge in [-0.15, -0.1) is 0 Å². The first kappa shape index (κ1) is 15.9. The van der Waals surface area contributed by atoms with Crippen LogP contribution < -0.4 is 0 Å². The topological polar surface area (TPSA) is 71.1 Å². The molecule has 0 spiro atoms. The molecule has 0 aromatic heterocycles. The Balaban J connectivity index is 0.000000300. The molecule has 1 atom stereocenters. The Labute approximate surface area is 113 Å². The van der Waals surface area contributed by atoms with Gasteiger partial charge in [0.1, 0.15) is 19.5 Å². The van der Waals surface area contributed by atoms with Gasteiger partial charge in [0.05, 0.1) is 13.2 Å². The molecule has 2 aliphatic rings. The molecule has 0 bridgehead atoms. The summed E-state index contributed by atoms with van der Waals surface area (Å²) in [6, 6.07) is 0. The van der Waals surface area contributed by atoms with E-state index < -0.39 is 0 Å². The zero-order chi connectivity index (χ0) is 13.9. The summed E-state index contributed by atoms with van der Waals surface area (Å²) < 4.78 is 19.3. The number of carbonyl (C=O) groups is 2. The minimum atomic E-state index is -0.215. The number of unbranched alkanes of at least 4 members (excludes halogenated alkanes) is 1. The lowest BCUT2D eigenvalue weighted by molar-refractivity contribution is -0.152. The molecule has 110 valence electrons. The summed E-state index contributed by atoms with van der Waals surface area (Å²) in [7, 11) is 0. The van der Waals surface area contributed by atoms with Crippen molar-refractivity contribution in [3.05, 3.63) is 0 Å². The van der Waals surface area contributed by atoms with Crippen LogP contribution in [0.4, 0.5) is 0 Å². The summed E-state index contributed by atoms with van der Waals surface area (Å²) in [6.45, 7) is 4.29. The average molecular weight is 274 g/mol. The smallest absolute Gasteiger partial charge is 0.306 e. The van der Waals surface area contributed by atoms with Gasteiger partial charge >= 0.3 is 11.9 Å². The summed E-state index contributed by atoms with van der Waals surface area (Å²) in [5.41, 5.74) is 0. The van der Waals surface area contributed by atoms with Crippen LogP contribution in [-0.2, 0) is 28.5 Å². The fourth-order valence-electron chi connectivity index (χ4n) is 1.57. The highest BCUT2D eigenvalue weighted by molar-refractivity contribution is 5.72. The summed E-state index contributed by atoms with van der Waals surface area (Å²) in [5.74, 6) is -0.394. The number of hydrogen-bond acceptors (Lipinski definition) is 6. The highest BCUT2D eigenvalue weighted by Gasteiger charge is 2.24. The molecule has 2 rings (SSSR count). The van der Waals surface area contributed by atoms with Crippen molar-refractivity contribution in [1.82, 2.24) is 0 Å². The molecular weight excluding hydrogens is 252 g/mol. The molecule has 0 N–H and O–H groups in total. The van der Waals surface area contributed by atoms with Crippen LogP contribution in [0.2, 0.25) is 0 Å². The van der Waals surface area contributed by atoms with Crippen molar-refractivity contribution in [2.75, 3.05) is 26.6 Å². The minimum Gasteiger partial charge on any atom is -0.462 e. The van der Waals surface area contributed by atoms with Gasteiger partial charge in [-0.25, -0.2) is 0 Å². The van der Waals surface area contributed by atoms with Crippen molar-refractivity contribution < 1.29 is 28.5 Å². The normalized spacial score (nSPS) is 21.5. The van der Waals surface area contributed by atoms with Gasteiger partial charge in [-0.05, 0) is 12.8 Å². The predicted molar refractivity (Wildman–Crippen MR) is 66.4 cm³/mol. The second kappa shape index (κ2) is 9.75. The Hall–Kier alpha value is -1.14. The molecule has 0 aromatic carbocycles. The van der Waals surface area contributed by atoms with Crippen LogP contribution in [0.1, 0.15) is 39.0 Å². The van der Waals surface area contributed by atoms with Crippen molar-refractivity contribution in [2.24, 2.45) is 0 Å². The Bertz CT molecular complexity index is 267. The first-order chi connectivity index (χ1) is 9.22. The maximum absolute atomic E-state index is 11.1. The largest absolute Gasteiger partial charge is 0.462 e. The van der Waals surface area contributed by atoms with Crippen LogP contribution in [0.25, 0.3) is 0 Å². The molecule has 0 aliphatic carbocycles. The molecule has 0 aromatic rings. The lowest BCUT2D eigenvalue weighted by Gasteiger charge is -2.09. The van der Waals surface area contributed by atoms with Gasteiger partial charge in [0.25, 0.3) is 0 Å². The third-order valence-electron chi connectivity index (χ3n) is 2.67. The van der Waals surface area contributed by atoms with Crippen LogP contribution in [0.15, 0.2) is 0 Å². The van der Waals surface area contributed by atoms with E-state index in [1.807, 2.05) is 6.92 Å². The van der Waals surface area contributed by atoms with Crippen LogP contribution in [0.5, 0.6) is 0 Å². The Morgan fingerprint density at radius 3 is 2.58 bits per heavy atom. The second-order valence-electron chi connectivity index (χ2n) is 4.37. The Kier molecular flexibility index (Phi) is 8.16. The molecule has 0 amide bonds. The van der Waals surface area contributed by atoms with Crippen LogP contribution in [-0.4, -0.2) is 44.7 Å². The highest BCUT2D eigenvalue weighted by atomic mass is 16.7. The van der Waals surface area contributed by atoms with Gasteiger partial charge in [0, 0.05) is 12.8 Å². The zero-order valence-corrected chi connectivity index (χ0v) is 11.4. The molecule has 6 nitrogen and oxygen atoms in total. The number of rotatable bonds is 5. The molecular formula is C13H22O6. The van der Waals surface area contributed by atoms with E-state index in [4.69, 9.17) is 18.9 Å². The Morgan fingerprint density at radius 2 is 2.11 bits per heavy atom. The summed E-state index contributed by atoms with van der Waals surface area (Å²) in [6.07, 6.45) is 3.18. The van der Waals surface area contributed by atoms with Crippen molar-refractivity contribution in [3.8, 4) is 0 Å². The van der Waals surface area contributed by atoms with E-state index in [2.05, 4.69) is 0 Å². The van der Waals surface area contributed by atoms with Crippen molar-refractivity contribution in [2.45, 2.75) is 45.1 Å². The SMILES string of the molecule is C1COCO1.CCCCC(=O)OC[C@@H]1CCC(=O)O1. The average Bonchev–Trinajstić information content (AvgIpc) is 3.08. The van der Waals surface area contributed by atoms with Crippen LogP contribution in [0, 0.1) is 0 Å². The fraction of sp³-hybridized carbons (Fsp3) is 0.846. The van der Waals surface area contributed by atoms with Crippen molar-refractivity contribution >= 4 is 11.9 Å². The van der Waals surface area contributed by atoms with E-state index in [0.29, 0.717) is 26.1 Å². The van der Waals surface area contributed by atoms with Gasteiger partial charge in [-0.3, -0.25) is 9.59 Å². The first-order valence-corrected chi connectivity index (χ1v) is 6.73. The molecule has 0 unspecified atom stereocenters. The molecule has 2 fully saturated rings. The summed E-state index contributed by atoms with van der Waals surface area (Å²) in [4.78, 5) is 21.8. The maximum Gasteiger partial charge on any atom is 0.306 e. The fourth-order valence-corrected chi connectivity index (χ4v) is 1.57. The van der Waals surface area contributed by atoms with E-state index >= 15 is 0 Å². The van der Waals surface area contributed by atoms with E-state index in [9.17, 15) is 9.59 Å². The molecule has 2 aliphatic heterocycles. The van der Waals surface area contributed by atoms with E-state index in [1.54, 1.807) is 0 Å². The molecule has 6 heteroatoms. The lowest BCUT2D eigenvalue weighted by Crippen LogP contribution is -2.18. The highest BCUT2D eigenvalue weighted by Crippen LogP contribution is 2.14. The maximum atomic E-state index is 11.1. The Morgan fingerprint density at radius 1 is 1.37 bits per heavy atom. The van der Waals surface area contributed by atoms with E-state index in [1.165, 1.54) is 0 Å². The number of ether oxygens (including phenoxy) is 4. The molecule has 0 radical (unpaired) electrons. The van der Waals surface area contributed by atoms with Crippen molar-refractivity contribution in [1.29, 1.82) is 0 Å².